The standard InChI is InChI=1S/C11H11NO2/c13-8-12-11(6-10-7-14-10)9-4-2-1-3-5-9/h1-5,10-11H,6-7H2. The van der Waals surface area contributed by atoms with Gasteiger partial charge in [-0.05, 0) is 5.56 Å². The third kappa shape index (κ3) is 2.28. The molecule has 0 spiro atoms. The van der Waals surface area contributed by atoms with Gasteiger partial charge in [0.1, 0.15) is 0 Å². The molecule has 1 heterocycles. The van der Waals surface area contributed by atoms with Crippen LogP contribution in [0.4, 0.5) is 0 Å². The van der Waals surface area contributed by atoms with Crippen molar-refractivity contribution < 1.29 is 9.53 Å². The highest BCUT2D eigenvalue weighted by Gasteiger charge is 2.27. The molecule has 1 aliphatic heterocycles. The molecular weight excluding hydrogens is 178 g/mol. The molecule has 0 aromatic heterocycles. The lowest BCUT2D eigenvalue weighted by Crippen LogP contribution is -1.99. The van der Waals surface area contributed by atoms with Crippen LogP contribution in [-0.4, -0.2) is 18.8 Å². The molecule has 2 unspecified atom stereocenters. The van der Waals surface area contributed by atoms with Gasteiger partial charge in [0.2, 0.25) is 6.08 Å². The third-order valence-corrected chi connectivity index (χ3v) is 2.28. The van der Waals surface area contributed by atoms with Crippen LogP contribution < -0.4 is 0 Å². The Balaban J connectivity index is 2.12. The van der Waals surface area contributed by atoms with Crippen LogP contribution in [0.3, 0.4) is 0 Å². The average molecular weight is 189 g/mol. The van der Waals surface area contributed by atoms with Gasteiger partial charge in [0, 0.05) is 6.42 Å². The summed E-state index contributed by atoms with van der Waals surface area (Å²) in [6.07, 6.45) is 2.67. The molecule has 72 valence electrons. The van der Waals surface area contributed by atoms with Crippen molar-refractivity contribution >= 4 is 6.08 Å². The molecule has 0 amide bonds. The smallest absolute Gasteiger partial charge is 0.235 e. The number of ether oxygens (including phenoxy) is 1. The number of isocyanates is 1. The van der Waals surface area contributed by atoms with Crippen molar-refractivity contribution in [1.82, 2.24) is 0 Å². The minimum Gasteiger partial charge on any atom is -0.373 e. The predicted molar refractivity (Wildman–Crippen MR) is 51.7 cm³/mol. The molecule has 0 N–H and O–H groups in total. The fourth-order valence-corrected chi connectivity index (χ4v) is 1.46. The number of benzene rings is 1. The molecule has 3 heteroatoms. The topological polar surface area (TPSA) is 42.0 Å². The van der Waals surface area contributed by atoms with E-state index < -0.39 is 0 Å². The van der Waals surface area contributed by atoms with Crippen molar-refractivity contribution in [2.45, 2.75) is 18.6 Å². The fourth-order valence-electron chi connectivity index (χ4n) is 1.46. The largest absolute Gasteiger partial charge is 0.373 e. The monoisotopic (exact) mass is 189 g/mol. The number of aliphatic imine (C=N–C) groups is 1. The van der Waals surface area contributed by atoms with E-state index in [0.29, 0.717) is 0 Å². The van der Waals surface area contributed by atoms with Crippen LogP contribution in [-0.2, 0) is 9.53 Å². The highest BCUT2D eigenvalue weighted by Crippen LogP contribution is 2.27. The molecule has 14 heavy (non-hydrogen) atoms. The van der Waals surface area contributed by atoms with Crippen molar-refractivity contribution in [2.24, 2.45) is 4.99 Å². The van der Waals surface area contributed by atoms with Crippen molar-refractivity contribution in [3.05, 3.63) is 35.9 Å². The molecular formula is C11H11NO2. The first-order valence-electron chi connectivity index (χ1n) is 4.63. The third-order valence-electron chi connectivity index (χ3n) is 2.28. The molecule has 1 aromatic carbocycles. The molecule has 0 bridgehead atoms. The van der Waals surface area contributed by atoms with Crippen molar-refractivity contribution in [2.75, 3.05) is 6.61 Å². The Morgan fingerprint density at radius 3 is 2.79 bits per heavy atom. The lowest BCUT2D eigenvalue weighted by molar-refractivity contribution is 0.382. The Bertz CT molecular complexity index is 340. The van der Waals surface area contributed by atoms with Crippen LogP contribution >= 0.6 is 0 Å². The van der Waals surface area contributed by atoms with Crippen LogP contribution in [0.15, 0.2) is 35.3 Å². The number of nitrogens with zero attached hydrogens (tertiary/aromatic N) is 1. The fraction of sp³-hybridized carbons (Fsp3) is 0.364. The first-order valence-corrected chi connectivity index (χ1v) is 4.63. The maximum Gasteiger partial charge on any atom is 0.235 e. The molecule has 1 saturated heterocycles. The van der Waals surface area contributed by atoms with E-state index in [9.17, 15) is 4.79 Å². The highest BCUT2D eigenvalue weighted by atomic mass is 16.6. The summed E-state index contributed by atoms with van der Waals surface area (Å²) in [5.41, 5.74) is 1.05. The molecule has 1 fully saturated rings. The Morgan fingerprint density at radius 2 is 2.21 bits per heavy atom. The number of epoxide rings is 1. The Labute approximate surface area is 82.4 Å². The molecule has 1 aliphatic rings. The molecule has 2 rings (SSSR count). The second-order valence-corrected chi connectivity index (χ2v) is 3.34. The van der Waals surface area contributed by atoms with Gasteiger partial charge in [-0.3, -0.25) is 0 Å². The van der Waals surface area contributed by atoms with Crippen molar-refractivity contribution in [3.8, 4) is 0 Å². The number of hydrogen-bond donors (Lipinski definition) is 0. The van der Waals surface area contributed by atoms with Crippen molar-refractivity contribution in [3.63, 3.8) is 0 Å². The predicted octanol–water partition coefficient (Wildman–Crippen LogP) is 1.85. The second-order valence-electron chi connectivity index (χ2n) is 3.34. The van der Waals surface area contributed by atoms with E-state index in [1.165, 1.54) is 0 Å². The SMILES string of the molecule is O=C=NC(CC1CO1)c1ccccc1. The zero-order chi connectivity index (χ0) is 9.80. The van der Waals surface area contributed by atoms with Gasteiger partial charge in [-0.1, -0.05) is 30.3 Å². The van der Waals surface area contributed by atoms with Gasteiger partial charge >= 0.3 is 0 Å². The maximum absolute atomic E-state index is 10.3. The van der Waals surface area contributed by atoms with E-state index in [0.717, 1.165) is 18.6 Å². The Morgan fingerprint density at radius 1 is 1.50 bits per heavy atom. The summed E-state index contributed by atoms with van der Waals surface area (Å²) in [7, 11) is 0. The van der Waals surface area contributed by atoms with Gasteiger partial charge < -0.3 is 4.74 Å². The molecule has 1 aromatic rings. The van der Waals surface area contributed by atoms with E-state index in [-0.39, 0.29) is 12.1 Å². The number of hydrogen-bond acceptors (Lipinski definition) is 3. The van der Waals surface area contributed by atoms with Gasteiger partial charge in [-0.25, -0.2) is 4.79 Å². The van der Waals surface area contributed by atoms with Gasteiger partial charge in [-0.2, -0.15) is 4.99 Å². The summed E-state index contributed by atoms with van der Waals surface area (Å²) in [4.78, 5) is 14.0. The first-order chi connectivity index (χ1) is 6.90. The molecule has 0 radical (unpaired) electrons. The van der Waals surface area contributed by atoms with E-state index in [2.05, 4.69) is 4.99 Å². The van der Waals surface area contributed by atoms with E-state index in [1.54, 1.807) is 6.08 Å². The summed E-state index contributed by atoms with van der Waals surface area (Å²) in [6, 6.07) is 9.66. The minimum absolute atomic E-state index is 0.0961. The normalized spacial score (nSPS) is 21.0. The Kier molecular flexibility index (Phi) is 2.73. The van der Waals surface area contributed by atoms with Gasteiger partial charge in [0.15, 0.2) is 0 Å². The van der Waals surface area contributed by atoms with Gasteiger partial charge in [0.05, 0.1) is 18.8 Å². The highest BCUT2D eigenvalue weighted by molar-refractivity contribution is 5.35. The van der Waals surface area contributed by atoms with Crippen LogP contribution in [0.1, 0.15) is 18.0 Å². The lowest BCUT2D eigenvalue weighted by Gasteiger charge is -2.08. The summed E-state index contributed by atoms with van der Waals surface area (Å²) >= 11 is 0. The summed E-state index contributed by atoms with van der Waals surface area (Å²) in [5, 5.41) is 0. The number of carbonyl (C=O) groups excluding carboxylic acids is 1. The van der Waals surface area contributed by atoms with Crippen LogP contribution in [0.2, 0.25) is 0 Å². The van der Waals surface area contributed by atoms with E-state index in [1.807, 2.05) is 30.3 Å². The quantitative estimate of drug-likeness (QED) is 0.412. The zero-order valence-electron chi connectivity index (χ0n) is 7.72. The second kappa shape index (κ2) is 4.18. The number of rotatable bonds is 4. The van der Waals surface area contributed by atoms with E-state index in [4.69, 9.17) is 4.74 Å². The zero-order valence-corrected chi connectivity index (χ0v) is 7.72. The van der Waals surface area contributed by atoms with Crippen LogP contribution in [0, 0.1) is 0 Å². The molecule has 3 nitrogen and oxygen atoms in total. The molecule has 2 atom stereocenters. The van der Waals surface area contributed by atoms with Crippen molar-refractivity contribution in [1.29, 1.82) is 0 Å². The molecule has 0 aliphatic carbocycles. The summed E-state index contributed by atoms with van der Waals surface area (Å²) in [6.45, 7) is 0.789. The Hall–Kier alpha value is -1.44. The van der Waals surface area contributed by atoms with Crippen LogP contribution in [0.25, 0.3) is 0 Å². The first kappa shape index (κ1) is 9.13. The lowest BCUT2D eigenvalue weighted by atomic mass is 10.0. The molecule has 0 saturated carbocycles. The minimum atomic E-state index is -0.0961. The van der Waals surface area contributed by atoms with Gasteiger partial charge in [-0.15, -0.1) is 0 Å². The summed E-state index contributed by atoms with van der Waals surface area (Å²) in [5.74, 6) is 0. The average Bonchev–Trinajstić information content (AvgIpc) is 3.03. The van der Waals surface area contributed by atoms with E-state index >= 15 is 0 Å². The maximum atomic E-state index is 10.3. The van der Waals surface area contributed by atoms with Gasteiger partial charge in [0.25, 0.3) is 0 Å². The summed E-state index contributed by atoms with van der Waals surface area (Å²) < 4.78 is 5.12. The van der Waals surface area contributed by atoms with Crippen LogP contribution in [0.5, 0.6) is 0 Å².